The van der Waals surface area contributed by atoms with Crippen molar-refractivity contribution in [3.8, 4) is 5.75 Å². The molecule has 0 spiro atoms. The molecule has 1 aliphatic rings. The highest BCUT2D eigenvalue weighted by atomic mass is 35.5. The number of nitrogens with one attached hydrogen (secondary N) is 2. The van der Waals surface area contributed by atoms with Crippen molar-refractivity contribution in [3.63, 3.8) is 0 Å². The van der Waals surface area contributed by atoms with E-state index in [0.29, 0.717) is 40.3 Å². The molecular weight excluding hydrogens is 523 g/mol. The molecule has 38 heavy (non-hydrogen) atoms. The zero-order chi connectivity index (χ0) is 27.4. The maximum atomic E-state index is 13.1. The third-order valence-electron chi connectivity index (χ3n) is 5.51. The molecule has 1 aliphatic heterocycles. The van der Waals surface area contributed by atoms with Crippen LogP contribution in [0.1, 0.15) is 18.1 Å². The van der Waals surface area contributed by atoms with Crippen molar-refractivity contribution in [1.29, 1.82) is 0 Å². The van der Waals surface area contributed by atoms with Gasteiger partial charge in [0.1, 0.15) is 16.5 Å². The van der Waals surface area contributed by atoms with Crippen molar-refractivity contribution in [2.45, 2.75) is 19.5 Å². The van der Waals surface area contributed by atoms with Gasteiger partial charge in [0.2, 0.25) is 5.91 Å². The quantitative estimate of drug-likeness (QED) is 0.355. The van der Waals surface area contributed by atoms with E-state index in [1.807, 2.05) is 6.92 Å². The van der Waals surface area contributed by atoms with Gasteiger partial charge in [0.15, 0.2) is 0 Å². The molecule has 3 amide bonds. The van der Waals surface area contributed by atoms with E-state index in [9.17, 15) is 27.6 Å². The average molecular weight is 544 g/mol. The Balaban J connectivity index is 1.43. The standard InChI is InChI=1S/C27H21ClF3N3O4/c1-2-38-21-9-4-3-8-20(21)33-22(35)14-16-10-12-18(13-11-16)32-24-23(28)25(36)34(26(24)37)19-7-5-6-17(15-19)27(29,30)31/h3-13,15,32H,2,14H2,1H3,(H,33,35). The lowest BCUT2D eigenvalue weighted by Gasteiger charge is -2.17. The van der Waals surface area contributed by atoms with Crippen molar-refractivity contribution in [2.75, 3.05) is 22.1 Å². The molecule has 4 rings (SSSR count). The largest absolute Gasteiger partial charge is 0.492 e. The molecule has 0 atom stereocenters. The Labute approximate surface area is 220 Å². The van der Waals surface area contributed by atoms with Crippen molar-refractivity contribution in [2.24, 2.45) is 0 Å². The fourth-order valence-electron chi connectivity index (χ4n) is 3.75. The molecule has 196 valence electrons. The van der Waals surface area contributed by atoms with E-state index >= 15 is 0 Å². The number of hydrogen-bond donors (Lipinski definition) is 2. The summed E-state index contributed by atoms with van der Waals surface area (Å²) in [5, 5.41) is 5.10. The molecule has 3 aromatic rings. The van der Waals surface area contributed by atoms with Gasteiger partial charge in [0.05, 0.1) is 30.0 Å². The van der Waals surface area contributed by atoms with Gasteiger partial charge < -0.3 is 15.4 Å². The number of ether oxygens (including phenoxy) is 1. The Bertz CT molecular complexity index is 1420. The maximum absolute atomic E-state index is 13.1. The van der Waals surface area contributed by atoms with E-state index in [-0.39, 0.29) is 23.7 Å². The molecular formula is C27H21ClF3N3O4. The normalized spacial score (nSPS) is 13.7. The lowest BCUT2D eigenvalue weighted by molar-refractivity contribution is -0.137. The van der Waals surface area contributed by atoms with Crippen molar-refractivity contribution < 1.29 is 32.3 Å². The summed E-state index contributed by atoms with van der Waals surface area (Å²) in [6.07, 6.45) is -4.59. The number of hydrogen-bond acceptors (Lipinski definition) is 5. The number of amides is 3. The summed E-state index contributed by atoms with van der Waals surface area (Å²) in [4.78, 5) is 38.6. The van der Waals surface area contributed by atoms with E-state index in [4.69, 9.17) is 16.3 Å². The fourth-order valence-corrected chi connectivity index (χ4v) is 3.96. The Morgan fingerprint density at radius 2 is 1.68 bits per heavy atom. The van der Waals surface area contributed by atoms with Gasteiger partial charge in [0.25, 0.3) is 11.8 Å². The fraction of sp³-hybridized carbons (Fsp3) is 0.148. The molecule has 0 saturated carbocycles. The first-order valence-corrected chi connectivity index (χ1v) is 11.8. The Hall–Kier alpha value is -4.31. The van der Waals surface area contributed by atoms with Crippen molar-refractivity contribution >= 4 is 46.4 Å². The first-order valence-electron chi connectivity index (χ1n) is 11.4. The van der Waals surface area contributed by atoms with E-state index in [1.165, 1.54) is 6.07 Å². The number of nitrogens with zero attached hydrogens (tertiary/aromatic N) is 1. The first-order chi connectivity index (χ1) is 18.1. The van der Waals surface area contributed by atoms with Crippen molar-refractivity contribution in [3.05, 3.63) is 94.7 Å². The minimum absolute atomic E-state index is 0.0604. The minimum Gasteiger partial charge on any atom is -0.492 e. The summed E-state index contributed by atoms with van der Waals surface area (Å²) < 4.78 is 44.8. The predicted molar refractivity (Wildman–Crippen MR) is 137 cm³/mol. The SMILES string of the molecule is CCOc1ccccc1NC(=O)Cc1ccc(NC2=C(Cl)C(=O)N(c3cccc(C(F)(F)F)c3)C2=O)cc1. The van der Waals surface area contributed by atoms with Gasteiger partial charge in [-0.1, -0.05) is 41.9 Å². The number of halogens is 4. The molecule has 3 aromatic carbocycles. The molecule has 0 unspecified atom stereocenters. The summed E-state index contributed by atoms with van der Waals surface area (Å²) in [7, 11) is 0. The van der Waals surface area contributed by atoms with Crippen LogP contribution in [0.2, 0.25) is 0 Å². The van der Waals surface area contributed by atoms with Crippen molar-refractivity contribution in [1.82, 2.24) is 0 Å². The van der Waals surface area contributed by atoms with Gasteiger partial charge in [-0.2, -0.15) is 13.2 Å². The number of anilines is 3. The van der Waals surface area contributed by atoms with E-state index in [1.54, 1.807) is 48.5 Å². The molecule has 0 fully saturated rings. The Kier molecular flexibility index (Phi) is 7.72. The molecule has 0 radical (unpaired) electrons. The summed E-state index contributed by atoms with van der Waals surface area (Å²) in [5.74, 6) is -1.55. The molecule has 1 heterocycles. The molecule has 0 aromatic heterocycles. The second-order valence-corrected chi connectivity index (χ2v) is 8.54. The van der Waals surface area contributed by atoms with Gasteiger partial charge in [-0.3, -0.25) is 14.4 Å². The predicted octanol–water partition coefficient (Wildman–Crippen LogP) is 5.72. The molecule has 0 aliphatic carbocycles. The van der Waals surface area contributed by atoms with Crippen LogP contribution in [0.25, 0.3) is 0 Å². The average Bonchev–Trinajstić information content (AvgIpc) is 3.09. The Morgan fingerprint density at radius 1 is 0.974 bits per heavy atom. The van der Waals surface area contributed by atoms with Crippen LogP contribution in [0.15, 0.2) is 83.5 Å². The van der Waals surface area contributed by atoms with Crippen LogP contribution in [0.5, 0.6) is 5.75 Å². The second kappa shape index (κ2) is 11.0. The van der Waals surface area contributed by atoms with Crippen LogP contribution in [-0.2, 0) is 27.0 Å². The van der Waals surface area contributed by atoms with Crippen LogP contribution in [0.3, 0.4) is 0 Å². The monoisotopic (exact) mass is 543 g/mol. The van der Waals surface area contributed by atoms with Gasteiger partial charge >= 0.3 is 6.18 Å². The number of carbonyl (C=O) groups excluding carboxylic acids is 3. The second-order valence-electron chi connectivity index (χ2n) is 8.16. The topological polar surface area (TPSA) is 87.7 Å². The summed E-state index contributed by atoms with van der Waals surface area (Å²) >= 11 is 6.08. The molecule has 0 saturated heterocycles. The lowest BCUT2D eigenvalue weighted by Crippen LogP contribution is -2.32. The zero-order valence-electron chi connectivity index (χ0n) is 19.9. The van der Waals surface area contributed by atoms with Crippen LogP contribution in [0.4, 0.5) is 30.2 Å². The minimum atomic E-state index is -4.65. The first kappa shape index (κ1) is 26.7. The van der Waals surface area contributed by atoms with Gasteiger partial charge in [-0.05, 0) is 55.0 Å². The number of carbonyl (C=O) groups is 3. The molecule has 11 heteroatoms. The lowest BCUT2D eigenvalue weighted by atomic mass is 10.1. The van der Waals surface area contributed by atoms with E-state index in [0.717, 1.165) is 12.1 Å². The zero-order valence-corrected chi connectivity index (χ0v) is 20.7. The van der Waals surface area contributed by atoms with Crippen LogP contribution >= 0.6 is 11.6 Å². The molecule has 2 N–H and O–H groups in total. The highest BCUT2D eigenvalue weighted by molar-refractivity contribution is 6.53. The van der Waals surface area contributed by atoms with E-state index < -0.39 is 28.6 Å². The maximum Gasteiger partial charge on any atom is 0.416 e. The van der Waals surface area contributed by atoms with Gasteiger partial charge in [-0.15, -0.1) is 0 Å². The Morgan fingerprint density at radius 3 is 2.37 bits per heavy atom. The summed E-state index contributed by atoms with van der Waals surface area (Å²) in [5.41, 5.74) is 0.0738. The van der Waals surface area contributed by atoms with Crippen LogP contribution in [-0.4, -0.2) is 24.3 Å². The summed E-state index contributed by atoms with van der Waals surface area (Å²) in [6.45, 7) is 2.29. The smallest absolute Gasteiger partial charge is 0.416 e. The van der Waals surface area contributed by atoms with Crippen LogP contribution in [0, 0.1) is 0 Å². The highest BCUT2D eigenvalue weighted by Gasteiger charge is 2.40. The third kappa shape index (κ3) is 5.81. The number of para-hydroxylation sites is 2. The number of benzene rings is 3. The van der Waals surface area contributed by atoms with Crippen LogP contribution < -0.4 is 20.3 Å². The highest BCUT2D eigenvalue weighted by Crippen LogP contribution is 2.35. The number of alkyl halides is 3. The van der Waals surface area contributed by atoms with Gasteiger partial charge in [0, 0.05) is 5.69 Å². The van der Waals surface area contributed by atoms with Gasteiger partial charge in [-0.25, -0.2) is 4.90 Å². The number of imide groups is 1. The third-order valence-corrected chi connectivity index (χ3v) is 5.86. The summed E-state index contributed by atoms with van der Waals surface area (Å²) in [6, 6.07) is 17.4. The van der Waals surface area contributed by atoms with E-state index in [2.05, 4.69) is 10.6 Å². The molecule has 0 bridgehead atoms. The number of rotatable bonds is 8. The molecule has 7 nitrogen and oxygen atoms in total.